The van der Waals surface area contributed by atoms with Gasteiger partial charge in [0.05, 0.1) is 18.9 Å². The average molecular weight is 210 g/mol. The lowest BCUT2D eigenvalue weighted by Crippen LogP contribution is -2.32. The van der Waals surface area contributed by atoms with Gasteiger partial charge in [-0.3, -0.25) is 0 Å². The van der Waals surface area contributed by atoms with Crippen LogP contribution in [0.5, 0.6) is 5.75 Å². The first-order valence-electron chi connectivity index (χ1n) is 5.10. The van der Waals surface area contributed by atoms with Gasteiger partial charge in [0.1, 0.15) is 5.75 Å². The number of aliphatic hydroxyl groups excluding tert-OH is 1. The van der Waals surface area contributed by atoms with Crippen LogP contribution in [-0.2, 0) is 0 Å². The van der Waals surface area contributed by atoms with Gasteiger partial charge in [-0.1, -0.05) is 12.1 Å². The Morgan fingerprint density at radius 2 is 2.20 bits per heavy atom. The molecule has 4 nitrogen and oxygen atoms in total. The van der Waals surface area contributed by atoms with Gasteiger partial charge < -0.3 is 20.9 Å². The van der Waals surface area contributed by atoms with E-state index in [9.17, 15) is 0 Å². The highest BCUT2D eigenvalue weighted by Gasteiger charge is 2.04. The first kappa shape index (κ1) is 11.8. The minimum absolute atomic E-state index is 0.0240. The minimum atomic E-state index is -0.250. The second-order valence-electron chi connectivity index (χ2n) is 3.25. The van der Waals surface area contributed by atoms with Gasteiger partial charge in [0, 0.05) is 12.6 Å². The molecule has 4 heteroatoms. The summed E-state index contributed by atoms with van der Waals surface area (Å²) < 4.78 is 5.44. The summed E-state index contributed by atoms with van der Waals surface area (Å²) in [5, 5.41) is 11.9. The SMILES string of the molecule is CCOc1ccccc1NCC(N)CO. The normalized spacial score (nSPS) is 12.2. The van der Waals surface area contributed by atoms with Crippen LogP contribution in [0.2, 0.25) is 0 Å². The Morgan fingerprint density at radius 1 is 1.47 bits per heavy atom. The molecule has 84 valence electrons. The number of anilines is 1. The van der Waals surface area contributed by atoms with Crippen molar-refractivity contribution < 1.29 is 9.84 Å². The average Bonchev–Trinajstić information content (AvgIpc) is 2.28. The Balaban J connectivity index is 2.58. The highest BCUT2D eigenvalue weighted by molar-refractivity contribution is 5.56. The fraction of sp³-hybridized carbons (Fsp3) is 0.455. The number of nitrogens with one attached hydrogen (secondary N) is 1. The van der Waals surface area contributed by atoms with E-state index in [2.05, 4.69) is 5.32 Å². The van der Waals surface area contributed by atoms with Gasteiger partial charge in [0.25, 0.3) is 0 Å². The molecule has 0 saturated heterocycles. The molecular formula is C11H18N2O2. The largest absolute Gasteiger partial charge is 0.492 e. The van der Waals surface area contributed by atoms with Crippen LogP contribution < -0.4 is 15.8 Å². The van der Waals surface area contributed by atoms with Crippen molar-refractivity contribution in [3.63, 3.8) is 0 Å². The maximum atomic E-state index is 8.79. The molecule has 0 aromatic heterocycles. The first-order chi connectivity index (χ1) is 7.27. The number of hydrogen-bond acceptors (Lipinski definition) is 4. The van der Waals surface area contributed by atoms with E-state index in [4.69, 9.17) is 15.6 Å². The summed E-state index contributed by atoms with van der Waals surface area (Å²) in [5.41, 5.74) is 6.50. The van der Waals surface area contributed by atoms with E-state index in [-0.39, 0.29) is 12.6 Å². The lowest BCUT2D eigenvalue weighted by atomic mass is 10.2. The Morgan fingerprint density at radius 3 is 2.87 bits per heavy atom. The topological polar surface area (TPSA) is 67.5 Å². The maximum Gasteiger partial charge on any atom is 0.142 e. The van der Waals surface area contributed by atoms with Crippen molar-refractivity contribution >= 4 is 5.69 Å². The summed E-state index contributed by atoms with van der Waals surface area (Å²) in [4.78, 5) is 0. The molecule has 0 saturated carbocycles. The fourth-order valence-electron chi connectivity index (χ4n) is 1.20. The summed E-state index contributed by atoms with van der Waals surface area (Å²) >= 11 is 0. The number of para-hydroxylation sites is 2. The van der Waals surface area contributed by atoms with E-state index >= 15 is 0 Å². The van der Waals surface area contributed by atoms with Crippen LogP contribution in [0.25, 0.3) is 0 Å². The summed E-state index contributed by atoms with van der Waals surface area (Å²) in [5.74, 6) is 0.810. The third-order valence-corrected chi connectivity index (χ3v) is 1.98. The molecule has 15 heavy (non-hydrogen) atoms. The highest BCUT2D eigenvalue weighted by Crippen LogP contribution is 2.23. The van der Waals surface area contributed by atoms with Crippen molar-refractivity contribution in [1.82, 2.24) is 0 Å². The summed E-state index contributed by atoms with van der Waals surface area (Å²) in [6.45, 7) is 3.07. The van der Waals surface area contributed by atoms with Crippen LogP contribution in [0, 0.1) is 0 Å². The predicted octanol–water partition coefficient (Wildman–Crippen LogP) is 0.817. The van der Waals surface area contributed by atoms with Gasteiger partial charge in [0.15, 0.2) is 0 Å². The van der Waals surface area contributed by atoms with Crippen molar-refractivity contribution in [3.8, 4) is 5.75 Å². The third-order valence-electron chi connectivity index (χ3n) is 1.98. The van der Waals surface area contributed by atoms with Gasteiger partial charge in [-0.25, -0.2) is 0 Å². The van der Waals surface area contributed by atoms with Crippen molar-refractivity contribution in [1.29, 1.82) is 0 Å². The monoisotopic (exact) mass is 210 g/mol. The minimum Gasteiger partial charge on any atom is -0.492 e. The lowest BCUT2D eigenvalue weighted by Gasteiger charge is -2.14. The van der Waals surface area contributed by atoms with E-state index in [0.717, 1.165) is 11.4 Å². The van der Waals surface area contributed by atoms with Crippen LogP contribution in [0.4, 0.5) is 5.69 Å². The van der Waals surface area contributed by atoms with Crippen LogP contribution in [0.3, 0.4) is 0 Å². The maximum absolute atomic E-state index is 8.79. The predicted molar refractivity (Wildman–Crippen MR) is 61.2 cm³/mol. The van der Waals surface area contributed by atoms with E-state index in [0.29, 0.717) is 13.2 Å². The molecule has 0 bridgehead atoms. The van der Waals surface area contributed by atoms with E-state index < -0.39 is 0 Å². The molecule has 1 aromatic rings. The molecule has 1 atom stereocenters. The van der Waals surface area contributed by atoms with Crippen LogP contribution in [-0.4, -0.2) is 30.9 Å². The third kappa shape index (κ3) is 3.77. The second kappa shape index (κ2) is 6.27. The Bertz CT molecular complexity index is 292. The number of ether oxygens (including phenoxy) is 1. The zero-order valence-corrected chi connectivity index (χ0v) is 8.94. The molecule has 0 aliphatic carbocycles. The molecule has 1 unspecified atom stereocenters. The number of hydrogen-bond donors (Lipinski definition) is 3. The van der Waals surface area contributed by atoms with Gasteiger partial charge in [-0.2, -0.15) is 0 Å². The number of rotatable bonds is 6. The first-order valence-corrected chi connectivity index (χ1v) is 5.10. The fourth-order valence-corrected chi connectivity index (χ4v) is 1.20. The number of nitrogens with two attached hydrogens (primary N) is 1. The Kier molecular flexibility index (Phi) is 4.93. The molecule has 1 rings (SSSR count). The van der Waals surface area contributed by atoms with Gasteiger partial charge in [0.2, 0.25) is 0 Å². The van der Waals surface area contributed by atoms with Crippen molar-refractivity contribution in [2.24, 2.45) is 5.73 Å². The quantitative estimate of drug-likeness (QED) is 0.650. The number of aliphatic hydroxyl groups is 1. The molecule has 0 radical (unpaired) electrons. The Hall–Kier alpha value is -1.26. The molecule has 0 spiro atoms. The van der Waals surface area contributed by atoms with Crippen LogP contribution in [0.15, 0.2) is 24.3 Å². The van der Waals surface area contributed by atoms with Crippen molar-refractivity contribution in [3.05, 3.63) is 24.3 Å². The summed E-state index contributed by atoms with van der Waals surface area (Å²) in [6, 6.07) is 7.42. The van der Waals surface area contributed by atoms with Crippen molar-refractivity contribution in [2.45, 2.75) is 13.0 Å². The van der Waals surface area contributed by atoms with Gasteiger partial charge in [-0.15, -0.1) is 0 Å². The molecule has 1 aromatic carbocycles. The molecule has 0 aliphatic rings. The van der Waals surface area contributed by atoms with Gasteiger partial charge in [-0.05, 0) is 19.1 Å². The zero-order chi connectivity index (χ0) is 11.1. The van der Waals surface area contributed by atoms with E-state index in [1.165, 1.54) is 0 Å². The lowest BCUT2D eigenvalue weighted by molar-refractivity contribution is 0.270. The van der Waals surface area contributed by atoms with E-state index in [1.807, 2.05) is 31.2 Å². The summed E-state index contributed by atoms with van der Waals surface area (Å²) in [7, 11) is 0. The molecule has 0 fully saturated rings. The van der Waals surface area contributed by atoms with Crippen molar-refractivity contribution in [2.75, 3.05) is 25.1 Å². The highest BCUT2D eigenvalue weighted by atomic mass is 16.5. The standard InChI is InChI=1S/C11H18N2O2/c1-2-15-11-6-4-3-5-10(11)13-7-9(12)8-14/h3-6,9,13-14H,2,7-8,12H2,1H3. The zero-order valence-electron chi connectivity index (χ0n) is 8.94. The molecule has 0 aliphatic heterocycles. The molecule has 0 amide bonds. The number of benzene rings is 1. The summed E-state index contributed by atoms with van der Waals surface area (Å²) in [6.07, 6.45) is 0. The molecular weight excluding hydrogens is 192 g/mol. The van der Waals surface area contributed by atoms with Crippen LogP contribution in [0.1, 0.15) is 6.92 Å². The van der Waals surface area contributed by atoms with Gasteiger partial charge >= 0.3 is 0 Å². The van der Waals surface area contributed by atoms with Crippen LogP contribution >= 0.6 is 0 Å². The second-order valence-corrected chi connectivity index (χ2v) is 3.25. The molecule has 0 heterocycles. The van der Waals surface area contributed by atoms with E-state index in [1.54, 1.807) is 0 Å². The smallest absolute Gasteiger partial charge is 0.142 e. The molecule has 4 N–H and O–H groups in total. The Labute approximate surface area is 90.1 Å².